The maximum Gasteiger partial charge on any atom is 0.0393 e. The third-order valence-corrected chi connectivity index (χ3v) is 3.10. The van der Waals surface area contributed by atoms with Crippen LogP contribution in [0.25, 0.3) is 0 Å². The highest BCUT2D eigenvalue weighted by Gasteiger charge is 2.13. The van der Waals surface area contributed by atoms with E-state index < -0.39 is 0 Å². The van der Waals surface area contributed by atoms with Crippen molar-refractivity contribution in [1.82, 2.24) is 0 Å². The first-order valence-corrected chi connectivity index (χ1v) is 4.32. The molecule has 1 unspecified atom stereocenters. The lowest BCUT2D eigenvalue weighted by atomic mass is 9.98. The Labute approximate surface area is 70.1 Å². The molecule has 0 fully saturated rings. The van der Waals surface area contributed by atoms with Gasteiger partial charge in [0.15, 0.2) is 0 Å². The Balaban J connectivity index is 2.94. The highest BCUT2D eigenvalue weighted by Crippen LogP contribution is 2.26. The fraction of sp³-hybridized carbons (Fsp3) is 0.500. The number of halogens is 1. The molecule has 0 aromatic heterocycles. The topological polar surface area (TPSA) is 26.0 Å². The summed E-state index contributed by atoms with van der Waals surface area (Å²) >= 11 is 3.56. The monoisotopic (exact) mass is 201 g/mol. The summed E-state index contributed by atoms with van der Waals surface area (Å²) in [7, 11) is 0. The molecule has 0 radical (unpaired) electrons. The molecule has 1 nitrogen and oxygen atoms in total. The van der Waals surface area contributed by atoms with Crippen molar-refractivity contribution in [2.75, 3.05) is 0 Å². The molecule has 0 saturated heterocycles. The van der Waals surface area contributed by atoms with Crippen molar-refractivity contribution in [2.45, 2.75) is 25.1 Å². The van der Waals surface area contributed by atoms with Crippen molar-refractivity contribution in [3.63, 3.8) is 0 Å². The Morgan fingerprint density at radius 2 is 2.20 bits per heavy atom. The normalized spacial score (nSPS) is 26.7. The van der Waals surface area contributed by atoms with E-state index in [1.54, 1.807) is 0 Å². The van der Waals surface area contributed by atoms with Crippen molar-refractivity contribution in [2.24, 2.45) is 5.73 Å². The van der Waals surface area contributed by atoms with Gasteiger partial charge in [0.05, 0.1) is 0 Å². The van der Waals surface area contributed by atoms with Gasteiger partial charge in [0.25, 0.3) is 0 Å². The molecule has 0 aliphatic heterocycles. The maximum absolute atomic E-state index is 5.71. The zero-order chi connectivity index (χ0) is 7.72. The van der Waals surface area contributed by atoms with Crippen LogP contribution in [0.5, 0.6) is 0 Å². The van der Waals surface area contributed by atoms with Crippen LogP contribution < -0.4 is 5.73 Å². The molecule has 0 amide bonds. The summed E-state index contributed by atoms with van der Waals surface area (Å²) in [4.78, 5) is 0.500. The Kier molecular flexibility index (Phi) is 2.19. The minimum atomic E-state index is 0.500. The van der Waals surface area contributed by atoms with Crippen LogP contribution >= 0.6 is 15.9 Å². The van der Waals surface area contributed by atoms with Gasteiger partial charge >= 0.3 is 0 Å². The van der Waals surface area contributed by atoms with E-state index in [1.165, 1.54) is 11.1 Å². The summed E-state index contributed by atoms with van der Waals surface area (Å²) in [6.07, 6.45) is 3.09. The van der Waals surface area contributed by atoms with E-state index >= 15 is 0 Å². The first-order chi connectivity index (χ1) is 4.63. The average molecular weight is 202 g/mol. The van der Waals surface area contributed by atoms with Gasteiger partial charge in [-0.2, -0.15) is 0 Å². The Morgan fingerprint density at radius 3 is 2.70 bits per heavy atom. The van der Waals surface area contributed by atoms with Crippen molar-refractivity contribution in [3.05, 3.63) is 22.9 Å². The molecule has 2 heteroatoms. The van der Waals surface area contributed by atoms with Crippen LogP contribution in [0, 0.1) is 0 Å². The van der Waals surface area contributed by atoms with Crippen LogP contribution in [-0.2, 0) is 0 Å². The molecule has 0 aromatic carbocycles. The zero-order valence-corrected chi connectivity index (χ0v) is 7.90. The molecule has 1 aliphatic carbocycles. The predicted octanol–water partition coefficient (Wildman–Crippen LogP) is 2.33. The SMILES string of the molecule is CC1=C(C)C(Br)CC=C1N. The molecule has 1 atom stereocenters. The zero-order valence-electron chi connectivity index (χ0n) is 6.32. The second-order valence-electron chi connectivity index (χ2n) is 2.67. The third kappa shape index (κ3) is 1.26. The van der Waals surface area contributed by atoms with Crippen LogP contribution in [0.1, 0.15) is 20.3 Å². The van der Waals surface area contributed by atoms with Gasteiger partial charge in [0, 0.05) is 10.5 Å². The highest BCUT2D eigenvalue weighted by atomic mass is 79.9. The second kappa shape index (κ2) is 2.79. The molecule has 56 valence electrons. The first-order valence-electron chi connectivity index (χ1n) is 3.40. The standard InChI is InChI=1S/C8H12BrN/c1-5-6(2)8(10)4-3-7(5)9/h4,7H,3,10H2,1-2H3. The summed E-state index contributed by atoms with van der Waals surface area (Å²) in [6, 6.07) is 0. The summed E-state index contributed by atoms with van der Waals surface area (Å²) in [5, 5.41) is 0. The van der Waals surface area contributed by atoms with Crippen LogP contribution in [0.3, 0.4) is 0 Å². The van der Waals surface area contributed by atoms with Gasteiger partial charge in [-0.15, -0.1) is 0 Å². The maximum atomic E-state index is 5.71. The van der Waals surface area contributed by atoms with E-state index in [1.807, 2.05) is 0 Å². The van der Waals surface area contributed by atoms with E-state index in [4.69, 9.17) is 5.73 Å². The quantitative estimate of drug-likeness (QED) is 0.599. The molecule has 2 N–H and O–H groups in total. The van der Waals surface area contributed by atoms with Crippen LogP contribution in [0.15, 0.2) is 22.9 Å². The highest BCUT2D eigenvalue weighted by molar-refractivity contribution is 9.09. The summed E-state index contributed by atoms with van der Waals surface area (Å²) < 4.78 is 0. The number of hydrogen-bond donors (Lipinski definition) is 1. The van der Waals surface area contributed by atoms with Crippen LogP contribution in [0.4, 0.5) is 0 Å². The molecule has 1 rings (SSSR count). The lowest BCUT2D eigenvalue weighted by Crippen LogP contribution is -2.12. The molecule has 0 spiro atoms. The third-order valence-electron chi connectivity index (χ3n) is 2.04. The van der Waals surface area contributed by atoms with Gasteiger partial charge in [-0.05, 0) is 25.8 Å². The lowest BCUT2D eigenvalue weighted by molar-refractivity contribution is 0.942. The van der Waals surface area contributed by atoms with Gasteiger partial charge in [0.1, 0.15) is 0 Å². The lowest BCUT2D eigenvalue weighted by Gasteiger charge is -2.18. The molecular formula is C8H12BrN. The van der Waals surface area contributed by atoms with Gasteiger partial charge in [-0.3, -0.25) is 0 Å². The smallest absolute Gasteiger partial charge is 0.0393 e. The fourth-order valence-corrected chi connectivity index (χ4v) is 1.55. The number of hydrogen-bond acceptors (Lipinski definition) is 1. The number of alkyl halides is 1. The molecular weight excluding hydrogens is 190 g/mol. The molecule has 0 bridgehead atoms. The molecule has 1 aliphatic rings. The van der Waals surface area contributed by atoms with Crippen molar-refractivity contribution in [1.29, 1.82) is 0 Å². The van der Waals surface area contributed by atoms with Crippen LogP contribution in [0.2, 0.25) is 0 Å². The minimum absolute atomic E-state index is 0.500. The number of nitrogens with two attached hydrogens (primary N) is 1. The summed E-state index contributed by atoms with van der Waals surface area (Å²) in [5.74, 6) is 0. The van der Waals surface area contributed by atoms with Gasteiger partial charge < -0.3 is 5.73 Å². The first kappa shape index (κ1) is 7.86. The van der Waals surface area contributed by atoms with Crippen molar-refractivity contribution < 1.29 is 0 Å². The van der Waals surface area contributed by atoms with Crippen molar-refractivity contribution in [3.8, 4) is 0 Å². The van der Waals surface area contributed by atoms with E-state index in [-0.39, 0.29) is 0 Å². The van der Waals surface area contributed by atoms with Crippen LogP contribution in [-0.4, -0.2) is 4.83 Å². The largest absolute Gasteiger partial charge is 0.399 e. The predicted molar refractivity (Wildman–Crippen MR) is 48.0 cm³/mol. The minimum Gasteiger partial charge on any atom is -0.399 e. The molecule has 0 aromatic rings. The van der Waals surface area contributed by atoms with E-state index in [0.717, 1.165) is 12.1 Å². The second-order valence-corrected chi connectivity index (χ2v) is 3.78. The Bertz CT molecular complexity index is 203. The fourth-order valence-electron chi connectivity index (χ4n) is 1.02. The summed E-state index contributed by atoms with van der Waals surface area (Å²) in [5.41, 5.74) is 9.24. The Hall–Kier alpha value is -0.240. The van der Waals surface area contributed by atoms with Gasteiger partial charge in [-0.1, -0.05) is 27.6 Å². The number of rotatable bonds is 0. The molecule has 0 heterocycles. The Morgan fingerprint density at radius 1 is 1.60 bits per heavy atom. The molecule has 0 saturated carbocycles. The van der Waals surface area contributed by atoms with Gasteiger partial charge in [0.2, 0.25) is 0 Å². The van der Waals surface area contributed by atoms with E-state index in [0.29, 0.717) is 4.83 Å². The van der Waals surface area contributed by atoms with Crippen molar-refractivity contribution >= 4 is 15.9 Å². The average Bonchev–Trinajstić information content (AvgIpc) is 1.93. The van der Waals surface area contributed by atoms with E-state index in [2.05, 4.69) is 35.9 Å². The molecule has 10 heavy (non-hydrogen) atoms. The summed E-state index contributed by atoms with van der Waals surface area (Å²) in [6.45, 7) is 4.18. The van der Waals surface area contributed by atoms with E-state index in [9.17, 15) is 0 Å². The van der Waals surface area contributed by atoms with Gasteiger partial charge in [-0.25, -0.2) is 0 Å². The number of allylic oxidation sites excluding steroid dienone is 3.